The molecule has 1 N–H and O–H groups in total. The van der Waals surface area contributed by atoms with Crippen LogP contribution in [0.5, 0.6) is 0 Å². The van der Waals surface area contributed by atoms with Crippen LogP contribution in [0.15, 0.2) is 4.99 Å². The molecule has 1 aliphatic rings. The summed E-state index contributed by atoms with van der Waals surface area (Å²) in [5.41, 5.74) is 0. The highest BCUT2D eigenvalue weighted by Crippen LogP contribution is 2.13. The highest BCUT2D eigenvalue weighted by molar-refractivity contribution is 5.86. The molecule has 0 saturated heterocycles. The van der Waals surface area contributed by atoms with Crippen LogP contribution in [0.3, 0.4) is 0 Å². The van der Waals surface area contributed by atoms with E-state index in [2.05, 4.69) is 11.9 Å². The Kier molecular flexibility index (Phi) is 15.3. The topological polar surface area (TPSA) is 93.0 Å². The highest BCUT2D eigenvalue weighted by Gasteiger charge is 2.18. The van der Waals surface area contributed by atoms with Crippen molar-refractivity contribution in [3.05, 3.63) is 0 Å². The van der Waals surface area contributed by atoms with Gasteiger partial charge in [0.05, 0.1) is 39.5 Å². The number of carboxylic acids is 2. The smallest absolute Gasteiger partial charge is 0.323 e. The monoisotopic (exact) mass is 413 g/mol. The van der Waals surface area contributed by atoms with E-state index in [1.807, 2.05) is 4.90 Å². The number of carboxylic acid groups (broad SMARTS) is 2. The van der Waals surface area contributed by atoms with E-state index in [-0.39, 0.29) is 13.1 Å². The first-order valence-electron chi connectivity index (χ1n) is 11.2. The fourth-order valence-corrected chi connectivity index (χ4v) is 3.26. The van der Waals surface area contributed by atoms with Crippen LogP contribution in [0.25, 0.3) is 0 Å². The van der Waals surface area contributed by atoms with E-state index in [0.29, 0.717) is 4.48 Å². The predicted octanol–water partition coefficient (Wildman–Crippen LogP) is 2.54. The van der Waals surface area contributed by atoms with Gasteiger partial charge < -0.3 is 24.4 Å². The predicted molar refractivity (Wildman–Crippen MR) is 116 cm³/mol. The summed E-state index contributed by atoms with van der Waals surface area (Å²) in [5.74, 6) is -0.748. The molecular weight excluding hydrogens is 370 g/mol. The lowest BCUT2D eigenvalue weighted by molar-refractivity contribution is -0.864. The molecule has 0 radical (unpaired) electrons. The molecule has 0 bridgehead atoms. The van der Waals surface area contributed by atoms with Gasteiger partial charge in [-0.3, -0.25) is 9.79 Å². The summed E-state index contributed by atoms with van der Waals surface area (Å²) in [6, 6.07) is 0. The van der Waals surface area contributed by atoms with E-state index in [1.54, 1.807) is 21.1 Å². The van der Waals surface area contributed by atoms with Gasteiger partial charge in [0.15, 0.2) is 0 Å². The summed E-state index contributed by atoms with van der Waals surface area (Å²) in [7, 11) is 5.40. The van der Waals surface area contributed by atoms with Crippen molar-refractivity contribution in [2.45, 2.75) is 77.6 Å². The maximum atomic E-state index is 10.7. The Morgan fingerprint density at radius 3 is 1.93 bits per heavy atom. The Labute approximate surface area is 177 Å². The molecule has 0 aliphatic carbocycles. The molecule has 7 nitrogen and oxygen atoms in total. The van der Waals surface area contributed by atoms with Crippen LogP contribution < -0.4 is 5.11 Å². The number of carbonyl (C=O) groups excluding carboxylic acids is 1. The minimum atomic E-state index is -1.00. The van der Waals surface area contributed by atoms with Gasteiger partial charge in [0.1, 0.15) is 13.1 Å². The molecule has 7 heteroatoms. The van der Waals surface area contributed by atoms with Crippen LogP contribution in [-0.2, 0) is 9.59 Å². The van der Waals surface area contributed by atoms with E-state index in [9.17, 15) is 14.7 Å². The molecule has 1 heterocycles. The lowest BCUT2D eigenvalue weighted by Crippen LogP contribution is -2.45. The van der Waals surface area contributed by atoms with Gasteiger partial charge in [-0.05, 0) is 6.42 Å². The number of nitrogens with zero attached hydrogens (tertiary/aromatic N) is 3. The van der Waals surface area contributed by atoms with Crippen LogP contribution in [0.4, 0.5) is 0 Å². The van der Waals surface area contributed by atoms with Gasteiger partial charge in [0.25, 0.3) is 0 Å². The van der Waals surface area contributed by atoms with Gasteiger partial charge in [-0.1, -0.05) is 64.7 Å². The van der Waals surface area contributed by atoms with Crippen molar-refractivity contribution in [2.24, 2.45) is 4.99 Å². The SMILES string of the molecule is CCCCCCCCCCCCC1=NCCN1CC(=O)O.C[N+](C)(C)CC(=O)[O-]. The number of hydrogen-bond acceptors (Lipinski definition) is 5. The normalized spacial score (nSPS) is 13.7. The molecule has 170 valence electrons. The van der Waals surface area contributed by atoms with E-state index in [1.165, 1.54) is 57.8 Å². The average molecular weight is 414 g/mol. The molecule has 0 unspecified atom stereocenters. The quantitative estimate of drug-likeness (QED) is 0.329. The van der Waals surface area contributed by atoms with Crippen LogP contribution in [0.1, 0.15) is 77.6 Å². The van der Waals surface area contributed by atoms with Gasteiger partial charge >= 0.3 is 5.97 Å². The number of amidine groups is 1. The second-order valence-electron chi connectivity index (χ2n) is 8.87. The zero-order valence-electron chi connectivity index (χ0n) is 19.1. The zero-order valence-corrected chi connectivity index (χ0v) is 19.1. The molecule has 1 aliphatic heterocycles. The van der Waals surface area contributed by atoms with Crippen LogP contribution in [0.2, 0.25) is 0 Å². The van der Waals surface area contributed by atoms with Crippen LogP contribution in [-0.4, -0.2) is 79.6 Å². The van der Waals surface area contributed by atoms with Crippen molar-refractivity contribution in [3.8, 4) is 0 Å². The van der Waals surface area contributed by atoms with Crippen molar-refractivity contribution in [1.29, 1.82) is 0 Å². The molecule has 0 aromatic rings. The Morgan fingerprint density at radius 2 is 1.52 bits per heavy atom. The van der Waals surface area contributed by atoms with E-state index in [4.69, 9.17) is 5.11 Å². The third-order valence-electron chi connectivity index (χ3n) is 4.71. The molecule has 0 spiro atoms. The Bertz CT molecular complexity index is 487. The first kappa shape index (κ1) is 27.4. The number of aliphatic imine (C=N–C) groups is 1. The summed E-state index contributed by atoms with van der Waals surface area (Å²) in [4.78, 5) is 27.0. The molecule has 0 atom stereocenters. The number of likely N-dealkylation sites (N-methyl/N-ethyl adjacent to an activating group) is 1. The summed E-state index contributed by atoms with van der Waals surface area (Å²) in [5, 5.41) is 18.7. The van der Waals surface area contributed by atoms with Gasteiger partial charge in [-0.25, -0.2) is 0 Å². The summed E-state index contributed by atoms with van der Waals surface area (Å²) in [6.07, 6.45) is 14.2. The van der Waals surface area contributed by atoms with Crippen LogP contribution in [0, 0.1) is 0 Å². The lowest BCUT2D eigenvalue weighted by atomic mass is 10.1. The Morgan fingerprint density at radius 1 is 1.00 bits per heavy atom. The molecule has 29 heavy (non-hydrogen) atoms. The minimum Gasteiger partial charge on any atom is -0.544 e. The number of unbranched alkanes of at least 4 members (excludes halogenated alkanes) is 9. The lowest BCUT2D eigenvalue weighted by Gasteiger charge is -2.23. The molecule has 1 rings (SSSR count). The fraction of sp³-hybridized carbons (Fsp3) is 0.864. The van der Waals surface area contributed by atoms with Crippen LogP contribution >= 0.6 is 0 Å². The van der Waals surface area contributed by atoms with Crippen molar-refractivity contribution in [2.75, 3.05) is 47.3 Å². The molecule has 0 saturated carbocycles. The number of carbonyl (C=O) groups is 2. The van der Waals surface area contributed by atoms with E-state index < -0.39 is 11.9 Å². The van der Waals surface area contributed by atoms with Gasteiger partial charge in [-0.2, -0.15) is 0 Å². The summed E-state index contributed by atoms with van der Waals surface area (Å²) in [6.45, 7) is 3.97. The number of rotatable bonds is 15. The Balaban J connectivity index is 0.000000828. The third kappa shape index (κ3) is 18.2. The number of aliphatic carboxylic acids is 2. The third-order valence-corrected chi connectivity index (χ3v) is 4.71. The second kappa shape index (κ2) is 16.2. The average Bonchev–Trinajstić information content (AvgIpc) is 3.01. The second-order valence-corrected chi connectivity index (χ2v) is 8.87. The van der Waals surface area contributed by atoms with Crippen molar-refractivity contribution >= 4 is 17.8 Å². The van der Waals surface area contributed by atoms with E-state index >= 15 is 0 Å². The number of hydrogen-bond donors (Lipinski definition) is 1. The largest absolute Gasteiger partial charge is 0.544 e. The number of quaternary nitrogens is 1. The first-order valence-corrected chi connectivity index (χ1v) is 11.2. The van der Waals surface area contributed by atoms with Crippen molar-refractivity contribution in [1.82, 2.24) is 4.90 Å². The molecular formula is C22H43N3O4. The van der Waals surface area contributed by atoms with Gasteiger partial charge in [-0.15, -0.1) is 0 Å². The minimum absolute atomic E-state index is 0.0694. The molecule has 0 fully saturated rings. The maximum absolute atomic E-state index is 10.7. The first-order chi connectivity index (χ1) is 13.7. The Hall–Kier alpha value is -1.63. The van der Waals surface area contributed by atoms with Crippen molar-refractivity contribution in [3.63, 3.8) is 0 Å². The van der Waals surface area contributed by atoms with E-state index in [0.717, 1.165) is 31.8 Å². The van der Waals surface area contributed by atoms with Crippen molar-refractivity contribution < 1.29 is 24.3 Å². The summed E-state index contributed by atoms with van der Waals surface area (Å²) < 4.78 is 0.419. The standard InChI is InChI=1S/C17H32N2O2.C5H11NO2/c1-2-3-4-5-6-7-8-9-10-11-12-16-18-13-14-19(16)15-17(20)21;1-6(2,3)4-5(7)8/h2-15H2,1H3,(H,20,21);4H2,1-3H3. The molecule has 0 amide bonds. The summed E-state index contributed by atoms with van der Waals surface area (Å²) >= 11 is 0. The van der Waals surface area contributed by atoms with Gasteiger partial charge in [0, 0.05) is 13.0 Å². The molecule has 0 aromatic heterocycles. The van der Waals surface area contributed by atoms with Gasteiger partial charge in [0.2, 0.25) is 0 Å². The molecule has 0 aromatic carbocycles. The zero-order chi connectivity index (χ0) is 22.1. The maximum Gasteiger partial charge on any atom is 0.323 e. The highest BCUT2D eigenvalue weighted by atomic mass is 16.4. The fourth-order valence-electron chi connectivity index (χ4n) is 3.26.